The molecule has 0 aliphatic heterocycles. The number of nitro groups is 1. The van der Waals surface area contributed by atoms with E-state index in [0.29, 0.717) is 22.3 Å². The van der Waals surface area contributed by atoms with Gasteiger partial charge in [-0.15, -0.1) is 11.3 Å². The van der Waals surface area contributed by atoms with Crippen molar-refractivity contribution in [3.8, 4) is 6.07 Å². The Bertz CT molecular complexity index is 977. The van der Waals surface area contributed by atoms with E-state index >= 15 is 0 Å². The van der Waals surface area contributed by atoms with Crippen LogP contribution in [0, 0.1) is 39.7 Å². The number of hydrogen-bond acceptors (Lipinski definition) is 6. The molecule has 0 spiro atoms. The van der Waals surface area contributed by atoms with Crippen LogP contribution >= 0.6 is 11.3 Å². The number of hydrogen-bond donors (Lipinski definition) is 1. The third kappa shape index (κ3) is 3.78. The minimum atomic E-state index is -0.565. The SMILES string of the molecule is Cc1ncc([N+](=O)[O-])n1CC(=O)Nc1sc2c(c1C#N)CC[C@@H](C(C)(C)C)C2. The lowest BCUT2D eigenvalue weighted by Gasteiger charge is -2.33. The fourth-order valence-corrected chi connectivity index (χ4v) is 4.93. The van der Waals surface area contributed by atoms with Gasteiger partial charge in [-0.05, 0) is 41.1 Å². The minimum absolute atomic E-state index is 0.190. The van der Waals surface area contributed by atoms with Crippen LogP contribution in [0.3, 0.4) is 0 Å². The molecule has 0 saturated carbocycles. The lowest BCUT2D eigenvalue weighted by molar-refractivity contribution is -0.392. The number of nitrogens with one attached hydrogen (secondary N) is 1. The Labute approximate surface area is 167 Å². The van der Waals surface area contributed by atoms with Crippen molar-refractivity contribution < 1.29 is 9.72 Å². The average Bonchev–Trinajstić information content (AvgIpc) is 3.13. The smallest absolute Gasteiger partial charge is 0.343 e. The van der Waals surface area contributed by atoms with Gasteiger partial charge in [0.1, 0.15) is 17.3 Å². The molecule has 0 saturated heterocycles. The van der Waals surface area contributed by atoms with Crippen LogP contribution in [0.25, 0.3) is 0 Å². The number of imidazole rings is 1. The van der Waals surface area contributed by atoms with Crippen LogP contribution in [0.2, 0.25) is 0 Å². The predicted molar refractivity (Wildman–Crippen MR) is 106 cm³/mol. The summed E-state index contributed by atoms with van der Waals surface area (Å²) >= 11 is 1.45. The lowest BCUT2D eigenvalue weighted by atomic mass is 9.72. The largest absolute Gasteiger partial charge is 0.358 e. The van der Waals surface area contributed by atoms with Gasteiger partial charge in [0.2, 0.25) is 0 Å². The Morgan fingerprint density at radius 2 is 2.25 bits per heavy atom. The Hall–Kier alpha value is -2.73. The molecule has 1 atom stereocenters. The van der Waals surface area contributed by atoms with Crippen LogP contribution in [0.1, 0.15) is 49.0 Å². The van der Waals surface area contributed by atoms with E-state index in [1.54, 1.807) is 6.92 Å². The van der Waals surface area contributed by atoms with Crippen LogP contribution in [-0.2, 0) is 24.2 Å². The molecular formula is C19H23N5O3S. The van der Waals surface area contributed by atoms with Gasteiger partial charge in [0.05, 0.1) is 5.56 Å². The maximum absolute atomic E-state index is 12.5. The number of carbonyl (C=O) groups excluding carboxylic acids is 1. The van der Waals surface area contributed by atoms with E-state index in [2.05, 4.69) is 37.1 Å². The second-order valence-corrected chi connectivity index (χ2v) is 9.29. The number of rotatable bonds is 4. The van der Waals surface area contributed by atoms with Gasteiger partial charge in [-0.1, -0.05) is 20.8 Å². The number of thiophene rings is 1. The van der Waals surface area contributed by atoms with Gasteiger partial charge < -0.3 is 15.4 Å². The van der Waals surface area contributed by atoms with Crippen LogP contribution in [0.5, 0.6) is 0 Å². The fraction of sp³-hybridized carbons (Fsp3) is 0.526. The average molecular weight is 401 g/mol. The number of fused-ring (bicyclic) bond motifs is 1. The van der Waals surface area contributed by atoms with Crippen LogP contribution in [0.15, 0.2) is 6.20 Å². The van der Waals surface area contributed by atoms with Crippen LogP contribution in [-0.4, -0.2) is 20.4 Å². The molecule has 1 aliphatic carbocycles. The highest BCUT2D eigenvalue weighted by Crippen LogP contribution is 2.44. The van der Waals surface area contributed by atoms with Gasteiger partial charge in [0.25, 0.3) is 5.91 Å². The third-order valence-corrected chi connectivity index (χ3v) is 6.55. The van der Waals surface area contributed by atoms with E-state index in [1.807, 2.05) is 0 Å². The molecule has 0 unspecified atom stereocenters. The molecule has 3 rings (SSSR count). The quantitative estimate of drug-likeness (QED) is 0.618. The fourth-order valence-electron chi connectivity index (χ4n) is 3.64. The summed E-state index contributed by atoms with van der Waals surface area (Å²) < 4.78 is 1.25. The first kappa shape index (κ1) is 20.0. The number of aromatic nitrogens is 2. The highest BCUT2D eigenvalue weighted by atomic mass is 32.1. The maximum atomic E-state index is 12.5. The molecule has 28 heavy (non-hydrogen) atoms. The molecule has 2 heterocycles. The molecule has 8 nitrogen and oxygen atoms in total. The van der Waals surface area contributed by atoms with Gasteiger partial charge in [0, 0.05) is 11.8 Å². The zero-order chi connectivity index (χ0) is 20.6. The van der Waals surface area contributed by atoms with Crippen molar-refractivity contribution in [3.05, 3.63) is 38.1 Å². The van der Waals surface area contributed by atoms with Crippen molar-refractivity contribution in [3.63, 3.8) is 0 Å². The van der Waals surface area contributed by atoms with Gasteiger partial charge in [-0.2, -0.15) is 5.26 Å². The van der Waals surface area contributed by atoms with Crippen molar-refractivity contribution in [2.24, 2.45) is 11.3 Å². The summed E-state index contributed by atoms with van der Waals surface area (Å²) in [5.41, 5.74) is 1.75. The summed E-state index contributed by atoms with van der Waals surface area (Å²) in [5.74, 6) is 0.282. The Balaban J connectivity index is 1.81. The molecule has 0 radical (unpaired) electrons. The summed E-state index contributed by atoms with van der Waals surface area (Å²) in [4.78, 5) is 28.1. The Morgan fingerprint density at radius 3 is 2.86 bits per heavy atom. The van der Waals surface area contributed by atoms with Crippen molar-refractivity contribution in [2.75, 3.05) is 5.32 Å². The Kier molecular flexibility index (Phi) is 5.26. The van der Waals surface area contributed by atoms with E-state index in [0.717, 1.165) is 35.9 Å². The number of anilines is 1. The molecule has 2 aromatic rings. The molecular weight excluding hydrogens is 378 g/mol. The summed E-state index contributed by atoms with van der Waals surface area (Å²) in [6.07, 6.45) is 3.90. The minimum Gasteiger partial charge on any atom is -0.358 e. The summed E-state index contributed by atoms with van der Waals surface area (Å²) in [6.45, 7) is 8.07. The molecule has 0 bridgehead atoms. The van der Waals surface area contributed by atoms with E-state index < -0.39 is 10.8 Å². The molecule has 1 N–H and O–H groups in total. The number of aryl methyl sites for hydroxylation is 1. The van der Waals surface area contributed by atoms with Gasteiger partial charge in [-0.3, -0.25) is 4.79 Å². The molecule has 2 aromatic heterocycles. The highest BCUT2D eigenvalue weighted by molar-refractivity contribution is 7.16. The van der Waals surface area contributed by atoms with Crippen molar-refractivity contribution in [2.45, 2.75) is 53.5 Å². The van der Waals surface area contributed by atoms with Gasteiger partial charge in [0.15, 0.2) is 12.4 Å². The second kappa shape index (κ2) is 7.36. The Morgan fingerprint density at radius 1 is 1.54 bits per heavy atom. The van der Waals surface area contributed by atoms with E-state index in [9.17, 15) is 20.2 Å². The number of carbonyl (C=O) groups is 1. The zero-order valence-electron chi connectivity index (χ0n) is 16.4. The topological polar surface area (TPSA) is 114 Å². The van der Waals surface area contributed by atoms with E-state index in [1.165, 1.54) is 15.9 Å². The normalized spacial score (nSPS) is 16.3. The monoisotopic (exact) mass is 401 g/mol. The first-order valence-corrected chi connectivity index (χ1v) is 9.94. The maximum Gasteiger partial charge on any atom is 0.343 e. The molecule has 0 aromatic carbocycles. The number of nitriles is 1. The lowest BCUT2D eigenvalue weighted by Crippen LogP contribution is -2.26. The van der Waals surface area contributed by atoms with E-state index in [4.69, 9.17) is 0 Å². The molecule has 1 aliphatic rings. The number of nitrogens with zero attached hydrogens (tertiary/aromatic N) is 4. The van der Waals surface area contributed by atoms with Crippen molar-refractivity contribution >= 4 is 28.1 Å². The van der Waals surface area contributed by atoms with E-state index in [-0.39, 0.29) is 17.8 Å². The number of amides is 1. The second-order valence-electron chi connectivity index (χ2n) is 8.18. The molecule has 0 fully saturated rings. The standard InChI is InChI=1S/C19H23N5O3S/c1-11-21-9-17(24(26)27)23(11)10-16(25)22-18-14(8-20)13-6-5-12(19(2,3)4)7-15(13)28-18/h9,12H,5-7,10H2,1-4H3,(H,22,25)/t12-/m1/s1. The van der Waals surface area contributed by atoms with Crippen LogP contribution < -0.4 is 5.32 Å². The van der Waals surface area contributed by atoms with Crippen LogP contribution in [0.4, 0.5) is 10.8 Å². The van der Waals surface area contributed by atoms with Crippen molar-refractivity contribution in [1.29, 1.82) is 5.26 Å². The summed E-state index contributed by atoms with van der Waals surface area (Å²) in [6, 6.07) is 2.23. The third-order valence-electron chi connectivity index (χ3n) is 5.38. The van der Waals surface area contributed by atoms with Crippen molar-refractivity contribution in [1.82, 2.24) is 9.55 Å². The first-order valence-electron chi connectivity index (χ1n) is 9.12. The highest BCUT2D eigenvalue weighted by Gasteiger charge is 2.32. The molecule has 9 heteroatoms. The zero-order valence-corrected chi connectivity index (χ0v) is 17.2. The summed E-state index contributed by atoms with van der Waals surface area (Å²) in [5, 5.41) is 24.0. The predicted octanol–water partition coefficient (Wildman–Crippen LogP) is 3.82. The molecule has 1 amide bonds. The molecule has 148 valence electrons. The van der Waals surface area contributed by atoms with Gasteiger partial charge >= 0.3 is 5.82 Å². The van der Waals surface area contributed by atoms with Gasteiger partial charge in [-0.25, -0.2) is 9.55 Å². The summed E-state index contributed by atoms with van der Waals surface area (Å²) in [7, 11) is 0. The first-order chi connectivity index (χ1) is 13.1.